The van der Waals surface area contributed by atoms with Crippen molar-refractivity contribution in [2.24, 2.45) is 0 Å². The molecule has 53 heavy (non-hydrogen) atoms. The number of aryl methyl sites for hydroxylation is 1. The monoisotopic (exact) mass is 717 g/mol. The molecule has 4 aromatic rings. The van der Waals surface area contributed by atoms with Crippen molar-refractivity contribution in [2.45, 2.75) is 32.2 Å². The summed E-state index contributed by atoms with van der Waals surface area (Å²) in [6.07, 6.45) is 6.72. The lowest BCUT2D eigenvalue weighted by molar-refractivity contribution is -0.126. The van der Waals surface area contributed by atoms with Crippen LogP contribution >= 0.6 is 0 Å². The molecule has 2 aromatic heterocycles. The Morgan fingerprint density at radius 2 is 1.74 bits per heavy atom. The number of carbonyl (C=O) groups is 2. The van der Waals surface area contributed by atoms with E-state index in [2.05, 4.69) is 41.4 Å². The normalized spacial score (nSPS) is 18.0. The Morgan fingerprint density at radius 3 is 2.49 bits per heavy atom. The minimum absolute atomic E-state index is 0.165. The second-order valence-corrected chi connectivity index (χ2v) is 13.9. The third-order valence-corrected chi connectivity index (χ3v) is 10.6. The van der Waals surface area contributed by atoms with E-state index in [-0.39, 0.29) is 23.4 Å². The van der Waals surface area contributed by atoms with Gasteiger partial charge < -0.3 is 34.6 Å². The molecule has 0 radical (unpaired) electrons. The molecule has 2 aromatic carbocycles. The van der Waals surface area contributed by atoms with Gasteiger partial charge in [0.15, 0.2) is 0 Å². The maximum atomic E-state index is 15.0. The van der Waals surface area contributed by atoms with Gasteiger partial charge in [0.05, 0.1) is 30.2 Å². The smallest absolute Gasteiger partial charge is 0.276 e. The van der Waals surface area contributed by atoms with Crippen LogP contribution in [-0.2, 0) is 9.59 Å². The highest BCUT2D eigenvalue weighted by Gasteiger charge is 2.32. The Bertz CT molecular complexity index is 2120. The van der Waals surface area contributed by atoms with E-state index in [9.17, 15) is 14.4 Å². The highest BCUT2D eigenvalue weighted by molar-refractivity contribution is 6.05. The first-order valence-corrected chi connectivity index (χ1v) is 18.2. The second-order valence-electron chi connectivity index (χ2n) is 13.9. The summed E-state index contributed by atoms with van der Waals surface area (Å²) in [7, 11) is 3.78. The average molecular weight is 718 g/mol. The molecule has 1 atom stereocenters. The van der Waals surface area contributed by atoms with Crippen LogP contribution in [0.2, 0.25) is 0 Å². The highest BCUT2D eigenvalue weighted by Crippen LogP contribution is 2.40. The van der Waals surface area contributed by atoms with Crippen LogP contribution in [0.1, 0.15) is 30.9 Å². The van der Waals surface area contributed by atoms with E-state index in [1.54, 1.807) is 27.7 Å². The van der Waals surface area contributed by atoms with Gasteiger partial charge in [0, 0.05) is 75.7 Å². The van der Waals surface area contributed by atoms with Crippen LogP contribution < -0.4 is 30.3 Å². The number of carbonyl (C=O) groups excluding carboxylic acids is 2. The maximum Gasteiger partial charge on any atom is 0.276 e. The number of benzene rings is 2. The number of fused-ring (bicyclic) bond motifs is 2. The van der Waals surface area contributed by atoms with Gasteiger partial charge in [-0.3, -0.25) is 19.0 Å². The average Bonchev–Trinajstić information content (AvgIpc) is 3.43. The molecule has 3 aliphatic heterocycles. The maximum absolute atomic E-state index is 15.0. The molecule has 13 nitrogen and oxygen atoms in total. The number of nitrogens with one attached hydrogen (secondary N) is 1. The number of para-hydroxylation sites is 1. The first-order chi connectivity index (χ1) is 25.7. The summed E-state index contributed by atoms with van der Waals surface area (Å²) in [4.78, 5) is 60.6. The van der Waals surface area contributed by atoms with Gasteiger partial charge in [-0.05, 0) is 75.2 Å². The molecule has 2 saturated heterocycles. The van der Waals surface area contributed by atoms with E-state index < -0.39 is 0 Å². The molecule has 5 heterocycles. The quantitative estimate of drug-likeness (QED) is 0.249. The molecule has 7 rings (SSSR count). The molecule has 0 bridgehead atoms. The van der Waals surface area contributed by atoms with E-state index >= 15 is 0 Å². The number of hydrogen-bond acceptors (Lipinski definition) is 10. The first kappa shape index (κ1) is 35.7. The van der Waals surface area contributed by atoms with Crippen LogP contribution in [0.4, 0.5) is 34.4 Å². The number of likely N-dealkylation sites (N-methyl/N-ethyl adjacent to an activating group) is 1. The fraction of sp³-hybridized carbons (Fsp3) is 0.375. The molecule has 1 unspecified atom stereocenters. The van der Waals surface area contributed by atoms with Gasteiger partial charge in [-0.25, -0.2) is 4.98 Å². The number of rotatable bonds is 8. The number of likely N-dealkylation sites (tertiary alicyclic amines) is 1. The van der Waals surface area contributed by atoms with E-state index in [0.717, 1.165) is 61.6 Å². The first-order valence-electron chi connectivity index (χ1n) is 18.2. The SMILES string of the molecule is C=CC(=O)N1CCCCC(n2c(=O)c(N3CCN(C(=O)C=C)c4c(C)cccc43)cc3cnc(Nc4ccc(N5CCN(C)CC5)cc4OC)nc32)C1. The van der Waals surface area contributed by atoms with Gasteiger partial charge in [0.2, 0.25) is 11.9 Å². The Kier molecular flexibility index (Phi) is 10.2. The number of pyridine rings is 1. The Hall–Kier alpha value is -5.69. The minimum atomic E-state index is -0.350. The molecular formula is C40H47N9O4. The van der Waals surface area contributed by atoms with Gasteiger partial charge in [0.25, 0.3) is 11.5 Å². The summed E-state index contributed by atoms with van der Waals surface area (Å²) >= 11 is 0. The number of ether oxygens (including phenoxy) is 1. The van der Waals surface area contributed by atoms with Crippen molar-refractivity contribution in [3.63, 3.8) is 0 Å². The van der Waals surface area contributed by atoms with Crippen molar-refractivity contribution in [1.82, 2.24) is 24.3 Å². The van der Waals surface area contributed by atoms with Gasteiger partial charge in [-0.1, -0.05) is 25.3 Å². The van der Waals surface area contributed by atoms with Crippen molar-refractivity contribution >= 4 is 57.2 Å². The molecule has 276 valence electrons. The van der Waals surface area contributed by atoms with E-state index in [1.807, 2.05) is 48.2 Å². The van der Waals surface area contributed by atoms with Gasteiger partial charge in [0.1, 0.15) is 17.1 Å². The summed E-state index contributed by atoms with van der Waals surface area (Å²) in [5, 5.41) is 4.02. The molecule has 0 saturated carbocycles. The topological polar surface area (TPSA) is 119 Å². The van der Waals surface area contributed by atoms with Crippen LogP contribution in [0.15, 0.2) is 78.8 Å². The van der Waals surface area contributed by atoms with Crippen molar-refractivity contribution in [3.05, 3.63) is 89.9 Å². The molecule has 2 fully saturated rings. The molecule has 1 N–H and O–H groups in total. The largest absolute Gasteiger partial charge is 0.494 e. The number of nitrogens with zero attached hydrogens (tertiary/aromatic N) is 8. The third kappa shape index (κ3) is 6.96. The lowest BCUT2D eigenvalue weighted by atomic mass is 10.1. The van der Waals surface area contributed by atoms with E-state index in [0.29, 0.717) is 66.7 Å². The lowest BCUT2D eigenvalue weighted by Crippen LogP contribution is -2.44. The van der Waals surface area contributed by atoms with Crippen LogP contribution in [-0.4, -0.2) is 103 Å². The van der Waals surface area contributed by atoms with Gasteiger partial charge in [-0.15, -0.1) is 0 Å². The zero-order valence-corrected chi connectivity index (χ0v) is 30.8. The van der Waals surface area contributed by atoms with Crippen molar-refractivity contribution in [2.75, 3.05) is 86.5 Å². The summed E-state index contributed by atoms with van der Waals surface area (Å²) < 4.78 is 7.56. The van der Waals surface area contributed by atoms with Crippen LogP contribution in [0.5, 0.6) is 5.75 Å². The molecule has 2 amide bonds. The third-order valence-electron chi connectivity index (χ3n) is 10.6. The van der Waals surface area contributed by atoms with Crippen molar-refractivity contribution < 1.29 is 14.3 Å². The fourth-order valence-corrected chi connectivity index (χ4v) is 7.75. The highest BCUT2D eigenvalue weighted by atomic mass is 16.5. The molecular weight excluding hydrogens is 670 g/mol. The zero-order chi connectivity index (χ0) is 37.2. The number of aromatic nitrogens is 3. The van der Waals surface area contributed by atoms with Crippen LogP contribution in [0, 0.1) is 6.92 Å². The summed E-state index contributed by atoms with van der Waals surface area (Å²) in [6, 6.07) is 13.4. The number of anilines is 6. The van der Waals surface area contributed by atoms with Gasteiger partial charge >= 0.3 is 0 Å². The summed E-state index contributed by atoms with van der Waals surface area (Å²) in [6.45, 7) is 14.9. The molecule has 0 spiro atoms. The van der Waals surface area contributed by atoms with E-state index in [4.69, 9.17) is 14.7 Å². The predicted octanol–water partition coefficient (Wildman–Crippen LogP) is 5.01. The Morgan fingerprint density at radius 1 is 0.943 bits per heavy atom. The fourth-order valence-electron chi connectivity index (χ4n) is 7.75. The summed E-state index contributed by atoms with van der Waals surface area (Å²) in [5.74, 6) is 0.611. The van der Waals surface area contributed by atoms with Gasteiger partial charge in [-0.2, -0.15) is 4.98 Å². The predicted molar refractivity (Wildman–Crippen MR) is 210 cm³/mol. The van der Waals surface area contributed by atoms with Crippen molar-refractivity contribution in [1.29, 1.82) is 0 Å². The second kappa shape index (κ2) is 15.1. The number of methoxy groups -OCH3 is 1. The standard InChI is InChI=1S/C40H47N9O4/c1-6-35(50)46-16-9-8-12-30(26-46)49-38-28(23-33(39(49)52)47-21-22-48(36(51)7-2)37-27(3)11-10-13-32(37)47)25-41-40(43-38)42-31-15-14-29(24-34(31)53-5)45-19-17-44(4)18-20-45/h6-7,10-11,13-15,23-25,30H,1-2,8-9,12,16-22,26H2,3-5H3,(H,41,42,43). The summed E-state index contributed by atoms with van der Waals surface area (Å²) in [5.41, 5.74) is 4.88. The number of hydrogen-bond donors (Lipinski definition) is 1. The minimum Gasteiger partial charge on any atom is -0.494 e. The van der Waals surface area contributed by atoms with Crippen LogP contribution in [0.3, 0.4) is 0 Å². The molecule has 3 aliphatic rings. The molecule has 0 aliphatic carbocycles. The number of amides is 2. The molecule has 13 heteroatoms. The van der Waals surface area contributed by atoms with E-state index in [1.165, 1.54) is 12.2 Å². The Balaban J connectivity index is 1.32. The zero-order valence-electron chi connectivity index (χ0n) is 30.8. The lowest BCUT2D eigenvalue weighted by Gasteiger charge is -2.38. The number of piperazine rings is 1. The van der Waals surface area contributed by atoms with Crippen LogP contribution in [0.25, 0.3) is 11.0 Å². The Labute approximate surface area is 309 Å². The van der Waals surface area contributed by atoms with Crippen molar-refractivity contribution in [3.8, 4) is 5.75 Å².